The summed E-state index contributed by atoms with van der Waals surface area (Å²) in [5, 5.41) is 3.01. The van der Waals surface area contributed by atoms with Crippen LogP contribution >= 0.6 is 0 Å². The predicted octanol–water partition coefficient (Wildman–Crippen LogP) is 3.00. The molecule has 2 aromatic rings. The first-order valence-corrected chi connectivity index (χ1v) is 8.95. The van der Waals surface area contributed by atoms with Gasteiger partial charge in [-0.05, 0) is 55.8 Å². The molecule has 3 rings (SSSR count). The molecule has 1 fully saturated rings. The number of benzene rings is 1. The number of carbonyl (C=O) groups is 1. The molecular weight excluding hydrogens is 332 g/mol. The third kappa shape index (κ3) is 4.45. The van der Waals surface area contributed by atoms with E-state index in [0.29, 0.717) is 24.7 Å². The van der Waals surface area contributed by atoms with Gasteiger partial charge >= 0.3 is 0 Å². The number of hydrogen-bond acceptors (Lipinski definition) is 5. The van der Waals surface area contributed by atoms with E-state index < -0.39 is 0 Å². The number of methoxy groups -OCH3 is 2. The zero-order valence-electron chi connectivity index (χ0n) is 15.4. The number of likely N-dealkylation sites (tertiary alicyclic amines) is 1. The highest BCUT2D eigenvalue weighted by Gasteiger charge is 2.24. The van der Waals surface area contributed by atoms with Crippen LogP contribution in [0.5, 0.6) is 5.75 Å². The second-order valence-corrected chi connectivity index (χ2v) is 6.44. The van der Waals surface area contributed by atoms with E-state index in [1.165, 1.54) is 18.4 Å². The first kappa shape index (κ1) is 18.5. The molecule has 6 heteroatoms. The van der Waals surface area contributed by atoms with Crippen LogP contribution in [-0.2, 0) is 11.3 Å². The van der Waals surface area contributed by atoms with Gasteiger partial charge in [0.2, 0.25) is 0 Å². The lowest BCUT2D eigenvalue weighted by Crippen LogP contribution is -2.36. The minimum absolute atomic E-state index is 0.140. The van der Waals surface area contributed by atoms with Crippen molar-refractivity contribution in [2.75, 3.05) is 33.9 Å². The Bertz CT molecular complexity index is 705. The van der Waals surface area contributed by atoms with Crippen LogP contribution in [0.3, 0.4) is 0 Å². The van der Waals surface area contributed by atoms with Crippen molar-refractivity contribution in [1.29, 1.82) is 0 Å². The zero-order valence-corrected chi connectivity index (χ0v) is 15.4. The molecule has 1 saturated heterocycles. The molecular formula is C20H26N2O4. The molecule has 2 heterocycles. The van der Waals surface area contributed by atoms with Crippen molar-refractivity contribution in [3.63, 3.8) is 0 Å². The number of hydrogen-bond donors (Lipinski definition) is 1. The first-order chi connectivity index (χ1) is 12.7. The van der Waals surface area contributed by atoms with Crippen molar-refractivity contribution < 1.29 is 18.7 Å². The maximum absolute atomic E-state index is 12.4. The molecule has 26 heavy (non-hydrogen) atoms. The van der Waals surface area contributed by atoms with Crippen molar-refractivity contribution in [1.82, 2.24) is 10.2 Å². The summed E-state index contributed by atoms with van der Waals surface area (Å²) in [6, 6.07) is 11.6. The van der Waals surface area contributed by atoms with Crippen LogP contribution in [0.25, 0.3) is 0 Å². The topological polar surface area (TPSA) is 63.9 Å². The summed E-state index contributed by atoms with van der Waals surface area (Å²) in [6.45, 7) is 2.98. The highest BCUT2D eigenvalue weighted by atomic mass is 16.5. The number of amides is 1. The van der Waals surface area contributed by atoms with Crippen LogP contribution in [0.15, 0.2) is 40.8 Å². The fourth-order valence-electron chi connectivity index (χ4n) is 3.33. The van der Waals surface area contributed by atoms with E-state index in [1.54, 1.807) is 26.4 Å². The van der Waals surface area contributed by atoms with Crippen molar-refractivity contribution in [2.24, 2.45) is 0 Å². The SMILES string of the molecule is COCc1ccc(C(=O)NCC(c2ccc(OC)cc2)N2CCCC2)o1. The van der Waals surface area contributed by atoms with Crippen LogP contribution in [-0.4, -0.2) is 44.7 Å². The standard InChI is InChI=1S/C20H26N2O4/c1-24-14-17-9-10-19(26-17)20(23)21-13-18(22-11-3-4-12-22)15-5-7-16(25-2)8-6-15/h5-10,18H,3-4,11-14H2,1-2H3,(H,21,23). The number of furan rings is 1. The van der Waals surface area contributed by atoms with Gasteiger partial charge in [0.15, 0.2) is 5.76 Å². The average molecular weight is 358 g/mol. The van der Waals surface area contributed by atoms with E-state index in [-0.39, 0.29) is 11.9 Å². The lowest BCUT2D eigenvalue weighted by atomic mass is 10.1. The predicted molar refractivity (Wildman–Crippen MR) is 98.3 cm³/mol. The Morgan fingerprint density at radius 2 is 1.88 bits per heavy atom. The molecule has 1 unspecified atom stereocenters. The minimum Gasteiger partial charge on any atom is -0.497 e. The molecule has 1 aromatic heterocycles. The summed E-state index contributed by atoms with van der Waals surface area (Å²) in [4.78, 5) is 14.8. The maximum atomic E-state index is 12.4. The molecule has 1 aliphatic rings. The van der Waals surface area contributed by atoms with Crippen LogP contribution in [0.1, 0.15) is 40.8 Å². The van der Waals surface area contributed by atoms with Crippen molar-refractivity contribution >= 4 is 5.91 Å². The summed E-state index contributed by atoms with van der Waals surface area (Å²) >= 11 is 0. The molecule has 1 atom stereocenters. The molecule has 0 radical (unpaired) electrons. The van der Waals surface area contributed by atoms with Crippen molar-refractivity contribution in [2.45, 2.75) is 25.5 Å². The Morgan fingerprint density at radius 1 is 1.15 bits per heavy atom. The number of ether oxygens (including phenoxy) is 2. The van der Waals surface area contributed by atoms with Gasteiger partial charge in [-0.15, -0.1) is 0 Å². The highest BCUT2D eigenvalue weighted by molar-refractivity contribution is 5.91. The molecule has 1 aromatic carbocycles. The Hall–Kier alpha value is -2.31. The second-order valence-electron chi connectivity index (χ2n) is 6.44. The third-order valence-corrected chi connectivity index (χ3v) is 4.71. The van der Waals surface area contributed by atoms with Gasteiger partial charge in [-0.2, -0.15) is 0 Å². The highest BCUT2D eigenvalue weighted by Crippen LogP contribution is 2.26. The van der Waals surface area contributed by atoms with E-state index >= 15 is 0 Å². The number of rotatable bonds is 8. The van der Waals surface area contributed by atoms with Gasteiger partial charge in [-0.3, -0.25) is 9.69 Å². The quantitative estimate of drug-likeness (QED) is 0.786. The van der Waals surface area contributed by atoms with Gasteiger partial charge in [0.05, 0.1) is 13.2 Å². The van der Waals surface area contributed by atoms with E-state index in [1.807, 2.05) is 12.1 Å². The molecule has 1 amide bonds. The average Bonchev–Trinajstić information content (AvgIpc) is 3.35. The monoisotopic (exact) mass is 358 g/mol. The summed E-state index contributed by atoms with van der Waals surface area (Å²) in [7, 11) is 3.26. The third-order valence-electron chi connectivity index (χ3n) is 4.71. The summed E-state index contributed by atoms with van der Waals surface area (Å²) in [5.74, 6) is 1.58. The molecule has 140 valence electrons. The fraction of sp³-hybridized carbons (Fsp3) is 0.450. The second kappa shape index (κ2) is 8.87. The Balaban J connectivity index is 1.67. The van der Waals surface area contributed by atoms with Crippen molar-refractivity contribution in [3.8, 4) is 5.75 Å². The van der Waals surface area contributed by atoms with Gasteiger partial charge in [0.1, 0.15) is 18.1 Å². The van der Waals surface area contributed by atoms with Gasteiger partial charge in [0, 0.05) is 13.7 Å². The Labute approximate surface area is 154 Å². The minimum atomic E-state index is -0.204. The largest absolute Gasteiger partial charge is 0.497 e. The zero-order chi connectivity index (χ0) is 18.4. The molecule has 0 aliphatic carbocycles. The van der Waals surface area contributed by atoms with Gasteiger partial charge in [-0.1, -0.05) is 12.1 Å². The first-order valence-electron chi connectivity index (χ1n) is 8.95. The maximum Gasteiger partial charge on any atom is 0.287 e. The van der Waals surface area contributed by atoms with E-state index in [4.69, 9.17) is 13.9 Å². The van der Waals surface area contributed by atoms with Gasteiger partial charge < -0.3 is 19.2 Å². The molecule has 1 aliphatic heterocycles. The van der Waals surface area contributed by atoms with E-state index in [2.05, 4.69) is 22.3 Å². The summed E-state index contributed by atoms with van der Waals surface area (Å²) < 4.78 is 15.8. The molecule has 6 nitrogen and oxygen atoms in total. The van der Waals surface area contributed by atoms with E-state index in [9.17, 15) is 4.79 Å². The number of nitrogens with one attached hydrogen (secondary N) is 1. The van der Waals surface area contributed by atoms with Gasteiger partial charge in [-0.25, -0.2) is 0 Å². The lowest BCUT2D eigenvalue weighted by molar-refractivity contribution is 0.0901. The van der Waals surface area contributed by atoms with Crippen LogP contribution in [0.4, 0.5) is 0 Å². The number of carbonyl (C=O) groups excluding carboxylic acids is 1. The fourth-order valence-corrected chi connectivity index (χ4v) is 3.33. The normalized spacial score (nSPS) is 15.8. The smallest absolute Gasteiger partial charge is 0.287 e. The Kier molecular flexibility index (Phi) is 6.30. The summed E-state index contributed by atoms with van der Waals surface area (Å²) in [6.07, 6.45) is 2.39. The molecule has 1 N–H and O–H groups in total. The van der Waals surface area contributed by atoms with E-state index in [0.717, 1.165) is 18.8 Å². The van der Waals surface area contributed by atoms with Gasteiger partial charge in [0.25, 0.3) is 5.91 Å². The van der Waals surface area contributed by atoms with Crippen LogP contribution in [0, 0.1) is 0 Å². The lowest BCUT2D eigenvalue weighted by Gasteiger charge is -2.28. The molecule has 0 saturated carbocycles. The molecule has 0 spiro atoms. The van der Waals surface area contributed by atoms with Crippen molar-refractivity contribution in [3.05, 3.63) is 53.5 Å². The Morgan fingerprint density at radius 3 is 2.54 bits per heavy atom. The number of nitrogens with zero attached hydrogens (tertiary/aromatic N) is 1. The summed E-state index contributed by atoms with van der Waals surface area (Å²) in [5.41, 5.74) is 1.17. The van der Waals surface area contributed by atoms with Crippen LogP contribution < -0.4 is 10.1 Å². The molecule has 0 bridgehead atoms. The van der Waals surface area contributed by atoms with Crippen LogP contribution in [0.2, 0.25) is 0 Å².